The van der Waals surface area contributed by atoms with Crippen molar-refractivity contribution in [1.82, 2.24) is 10.6 Å². The van der Waals surface area contributed by atoms with Crippen LogP contribution in [0, 0.1) is 11.8 Å². The number of hydrogen-bond donors (Lipinski definition) is 3. The van der Waals surface area contributed by atoms with E-state index in [2.05, 4.69) is 10.6 Å². The summed E-state index contributed by atoms with van der Waals surface area (Å²) in [6, 6.07) is 0.241. The summed E-state index contributed by atoms with van der Waals surface area (Å²) in [5, 5.41) is 5.83. The van der Waals surface area contributed by atoms with E-state index in [4.69, 9.17) is 5.73 Å². The van der Waals surface area contributed by atoms with E-state index in [0.29, 0.717) is 31.8 Å². The van der Waals surface area contributed by atoms with Crippen molar-refractivity contribution in [1.29, 1.82) is 0 Å². The molecule has 3 unspecified atom stereocenters. The van der Waals surface area contributed by atoms with Gasteiger partial charge in [-0.3, -0.25) is 9.59 Å². The number of halogens is 1. The highest BCUT2D eigenvalue weighted by molar-refractivity contribution is 5.85. The maximum absolute atomic E-state index is 12.0. The van der Waals surface area contributed by atoms with Crippen LogP contribution in [-0.2, 0) is 9.59 Å². The Bertz CT molecular complexity index is 302. The van der Waals surface area contributed by atoms with Crippen molar-refractivity contribution in [3.05, 3.63) is 0 Å². The summed E-state index contributed by atoms with van der Waals surface area (Å²) in [4.78, 5) is 23.0. The van der Waals surface area contributed by atoms with Crippen LogP contribution in [0.15, 0.2) is 0 Å². The molecule has 2 aliphatic rings. The maximum atomic E-state index is 12.0. The predicted octanol–water partition coefficient (Wildman–Crippen LogP) is 0.178. The fourth-order valence-corrected chi connectivity index (χ4v) is 2.77. The first-order valence-electron chi connectivity index (χ1n) is 6.48. The standard InChI is InChI=1S/C12H21N3O2.ClH/c13-6-8-2-1-3-10(8)15-12(17)9-4-5-11(16)14-7-9;/h8-10H,1-7,13H2,(H,14,16)(H,15,17);1H. The number of piperidine rings is 1. The molecule has 0 radical (unpaired) electrons. The zero-order chi connectivity index (χ0) is 12.3. The van der Waals surface area contributed by atoms with E-state index in [1.54, 1.807) is 0 Å². The van der Waals surface area contributed by atoms with Gasteiger partial charge in [-0.25, -0.2) is 0 Å². The van der Waals surface area contributed by atoms with Crippen molar-refractivity contribution in [2.45, 2.75) is 38.1 Å². The van der Waals surface area contributed by atoms with Crippen LogP contribution in [0.2, 0.25) is 0 Å². The van der Waals surface area contributed by atoms with Crippen molar-refractivity contribution in [2.24, 2.45) is 17.6 Å². The minimum atomic E-state index is -0.0632. The van der Waals surface area contributed by atoms with Gasteiger partial charge in [-0.2, -0.15) is 0 Å². The molecule has 0 aromatic rings. The van der Waals surface area contributed by atoms with Crippen LogP contribution in [0.25, 0.3) is 0 Å². The van der Waals surface area contributed by atoms with Gasteiger partial charge in [0.25, 0.3) is 0 Å². The summed E-state index contributed by atoms with van der Waals surface area (Å²) in [6.45, 7) is 1.12. The SMILES string of the molecule is Cl.NCC1CCCC1NC(=O)C1CCC(=O)NC1. The summed E-state index contributed by atoms with van der Waals surface area (Å²) in [5.41, 5.74) is 5.69. The van der Waals surface area contributed by atoms with Gasteiger partial charge in [0.15, 0.2) is 0 Å². The third kappa shape index (κ3) is 3.59. The molecule has 0 aromatic carbocycles. The molecule has 1 aliphatic heterocycles. The van der Waals surface area contributed by atoms with Crippen LogP contribution in [0.3, 0.4) is 0 Å². The highest BCUT2D eigenvalue weighted by Gasteiger charge is 2.31. The van der Waals surface area contributed by atoms with Gasteiger partial charge in [0, 0.05) is 19.0 Å². The van der Waals surface area contributed by atoms with Gasteiger partial charge in [-0.05, 0) is 31.7 Å². The van der Waals surface area contributed by atoms with E-state index in [1.165, 1.54) is 0 Å². The molecule has 0 bridgehead atoms. The van der Waals surface area contributed by atoms with Gasteiger partial charge in [0.1, 0.15) is 0 Å². The molecule has 4 N–H and O–H groups in total. The second-order valence-electron chi connectivity index (χ2n) is 5.08. The Kier molecular flexibility index (Phi) is 5.88. The number of carbonyl (C=O) groups excluding carboxylic acids is 2. The molecule has 1 saturated carbocycles. The Balaban J connectivity index is 0.00000162. The zero-order valence-corrected chi connectivity index (χ0v) is 11.3. The number of amides is 2. The molecule has 0 spiro atoms. The van der Waals surface area contributed by atoms with E-state index >= 15 is 0 Å². The summed E-state index contributed by atoms with van der Waals surface area (Å²) < 4.78 is 0. The summed E-state index contributed by atoms with van der Waals surface area (Å²) in [5.74, 6) is 0.494. The van der Waals surface area contributed by atoms with Crippen LogP contribution in [0.1, 0.15) is 32.1 Å². The Labute approximate surface area is 114 Å². The van der Waals surface area contributed by atoms with Crippen LogP contribution in [-0.4, -0.2) is 30.9 Å². The van der Waals surface area contributed by atoms with Gasteiger partial charge in [-0.1, -0.05) is 6.42 Å². The molecule has 2 amide bonds. The molecular weight excluding hydrogens is 254 g/mol. The number of carbonyl (C=O) groups is 2. The lowest BCUT2D eigenvalue weighted by molar-refractivity contribution is -0.129. The van der Waals surface area contributed by atoms with Crippen molar-refractivity contribution < 1.29 is 9.59 Å². The monoisotopic (exact) mass is 275 g/mol. The third-order valence-electron chi connectivity index (χ3n) is 3.93. The Morgan fingerprint density at radius 3 is 2.78 bits per heavy atom. The maximum Gasteiger partial charge on any atom is 0.225 e. The van der Waals surface area contributed by atoms with E-state index < -0.39 is 0 Å². The largest absolute Gasteiger partial charge is 0.355 e. The second kappa shape index (κ2) is 6.95. The number of nitrogens with one attached hydrogen (secondary N) is 2. The number of hydrogen-bond acceptors (Lipinski definition) is 3. The van der Waals surface area contributed by atoms with E-state index in [0.717, 1.165) is 19.3 Å². The summed E-state index contributed by atoms with van der Waals surface area (Å²) >= 11 is 0. The van der Waals surface area contributed by atoms with Gasteiger partial charge < -0.3 is 16.4 Å². The minimum absolute atomic E-state index is 0. The van der Waals surface area contributed by atoms with Crippen molar-refractivity contribution in [3.8, 4) is 0 Å². The highest BCUT2D eigenvalue weighted by atomic mass is 35.5. The lowest BCUT2D eigenvalue weighted by Gasteiger charge is -2.25. The fourth-order valence-electron chi connectivity index (χ4n) is 2.77. The molecule has 6 heteroatoms. The topological polar surface area (TPSA) is 84.2 Å². The first-order chi connectivity index (χ1) is 8.20. The molecule has 0 aromatic heterocycles. The Morgan fingerprint density at radius 2 is 2.17 bits per heavy atom. The van der Waals surface area contributed by atoms with Crippen molar-refractivity contribution in [3.63, 3.8) is 0 Å². The summed E-state index contributed by atoms with van der Waals surface area (Å²) in [7, 11) is 0. The molecule has 2 fully saturated rings. The second-order valence-corrected chi connectivity index (χ2v) is 5.08. The predicted molar refractivity (Wildman–Crippen MR) is 71.3 cm³/mol. The van der Waals surface area contributed by atoms with Gasteiger partial charge in [0.05, 0.1) is 5.92 Å². The highest BCUT2D eigenvalue weighted by Crippen LogP contribution is 2.25. The van der Waals surface area contributed by atoms with Gasteiger partial charge in [-0.15, -0.1) is 12.4 Å². The molecule has 1 heterocycles. The van der Waals surface area contributed by atoms with Crippen LogP contribution < -0.4 is 16.4 Å². The molecule has 1 aliphatic carbocycles. The molecule has 18 heavy (non-hydrogen) atoms. The first-order valence-corrected chi connectivity index (χ1v) is 6.48. The van der Waals surface area contributed by atoms with Crippen molar-refractivity contribution in [2.75, 3.05) is 13.1 Å². The van der Waals surface area contributed by atoms with E-state index in [1.807, 2.05) is 0 Å². The molecule has 1 saturated heterocycles. The fraction of sp³-hybridized carbons (Fsp3) is 0.833. The van der Waals surface area contributed by atoms with Gasteiger partial charge in [0.2, 0.25) is 11.8 Å². The van der Waals surface area contributed by atoms with Gasteiger partial charge >= 0.3 is 0 Å². The average molecular weight is 276 g/mol. The number of nitrogens with two attached hydrogens (primary N) is 1. The first kappa shape index (κ1) is 15.2. The van der Waals surface area contributed by atoms with Crippen LogP contribution in [0.4, 0.5) is 0 Å². The van der Waals surface area contributed by atoms with E-state index in [9.17, 15) is 9.59 Å². The molecule has 5 nitrogen and oxygen atoms in total. The Hall–Kier alpha value is -0.810. The lowest BCUT2D eigenvalue weighted by Crippen LogP contribution is -2.47. The third-order valence-corrected chi connectivity index (χ3v) is 3.93. The molecule has 104 valence electrons. The quantitative estimate of drug-likeness (QED) is 0.687. The molecular formula is C12H22ClN3O2. The zero-order valence-electron chi connectivity index (χ0n) is 10.5. The number of rotatable bonds is 3. The summed E-state index contributed by atoms with van der Waals surface area (Å²) in [6.07, 6.45) is 4.42. The normalized spacial score (nSPS) is 31.4. The van der Waals surface area contributed by atoms with Crippen LogP contribution >= 0.6 is 12.4 Å². The lowest BCUT2D eigenvalue weighted by atomic mass is 9.96. The van der Waals surface area contributed by atoms with E-state index in [-0.39, 0.29) is 36.2 Å². The van der Waals surface area contributed by atoms with Crippen molar-refractivity contribution >= 4 is 24.2 Å². The smallest absolute Gasteiger partial charge is 0.225 e. The Morgan fingerprint density at radius 1 is 1.39 bits per heavy atom. The minimum Gasteiger partial charge on any atom is -0.355 e. The average Bonchev–Trinajstić information content (AvgIpc) is 2.77. The molecule has 3 atom stereocenters. The molecule has 2 rings (SSSR count). The van der Waals surface area contributed by atoms with Crippen LogP contribution in [0.5, 0.6) is 0 Å².